The molecule has 6 radical (unpaired) electrons. The van der Waals surface area contributed by atoms with Gasteiger partial charge < -0.3 is 28.6 Å². The monoisotopic (exact) mass is 594 g/mol. The van der Waals surface area contributed by atoms with E-state index >= 15 is 0 Å². The summed E-state index contributed by atoms with van der Waals surface area (Å²) >= 11 is 0.893. The van der Waals surface area contributed by atoms with Gasteiger partial charge in [-0.2, -0.15) is 0 Å². The van der Waals surface area contributed by atoms with Crippen LogP contribution in [0.2, 0.25) is 0 Å². The first-order valence-corrected chi connectivity index (χ1v) is 17.4. The second-order valence-corrected chi connectivity index (χ2v) is 14.5. The quantitative estimate of drug-likeness (QED) is 0.205. The van der Waals surface area contributed by atoms with E-state index < -0.39 is 69.8 Å². The molecule has 3 heterocycles. The molecule has 12 nitrogen and oxygen atoms in total. The molecule has 0 amide bonds. The summed E-state index contributed by atoms with van der Waals surface area (Å²) in [6.07, 6.45) is -1.55. The van der Waals surface area contributed by atoms with Crippen LogP contribution in [0.1, 0.15) is 33.1 Å². The number of hydrogen-bond acceptors (Lipinski definition) is 12. The predicted molar refractivity (Wildman–Crippen MR) is 142 cm³/mol. The fourth-order valence-corrected chi connectivity index (χ4v) is 7.54. The van der Waals surface area contributed by atoms with Crippen molar-refractivity contribution in [2.24, 2.45) is 0 Å². The maximum Gasteiger partial charge on any atom is 0.472 e. The molecule has 3 aliphatic heterocycles. The van der Waals surface area contributed by atoms with Crippen LogP contribution in [-0.2, 0) is 50.9 Å². The zero-order chi connectivity index (χ0) is 27.9. The molecular weight excluding hydrogens is 559 g/mol. The van der Waals surface area contributed by atoms with E-state index in [9.17, 15) is 14.0 Å². The van der Waals surface area contributed by atoms with Crippen molar-refractivity contribution >= 4 is 49.5 Å². The Morgan fingerprint density at radius 1 is 0.789 bits per heavy atom. The van der Waals surface area contributed by atoms with Crippen LogP contribution in [-0.4, -0.2) is 122 Å². The number of ether oxygens (including phenoxy) is 5. The Bertz CT molecular complexity index is 834. The molecule has 3 fully saturated rings. The lowest BCUT2D eigenvalue weighted by Crippen LogP contribution is -2.31. The Hall–Kier alpha value is 0.605. The number of phosphoric acid groups is 1. The van der Waals surface area contributed by atoms with Crippen molar-refractivity contribution in [2.45, 2.75) is 87.7 Å². The fourth-order valence-electron chi connectivity index (χ4n) is 4.36. The van der Waals surface area contributed by atoms with E-state index in [1.165, 1.54) is 0 Å². The Morgan fingerprint density at radius 2 is 1.29 bits per heavy atom. The molecule has 6 unspecified atom stereocenters. The van der Waals surface area contributed by atoms with Gasteiger partial charge >= 0.3 is 14.6 Å². The lowest BCUT2D eigenvalue weighted by atomic mass is 9.96. The van der Waals surface area contributed by atoms with Crippen LogP contribution in [0.3, 0.4) is 0 Å². The molecule has 3 saturated heterocycles. The van der Waals surface area contributed by atoms with Crippen molar-refractivity contribution in [3.05, 3.63) is 0 Å². The van der Waals surface area contributed by atoms with Crippen molar-refractivity contribution in [3.63, 3.8) is 0 Å². The number of phosphoric ester groups is 1. The normalized spacial score (nSPS) is 38.8. The minimum Gasteiger partial charge on any atom is -0.380 e. The summed E-state index contributed by atoms with van der Waals surface area (Å²) in [5.41, 5.74) is 0. The molecule has 11 atom stereocenters. The topological polar surface area (TPSA) is 137 Å². The summed E-state index contributed by atoms with van der Waals surface area (Å²) < 4.78 is 75.7. The SMILES string of the molecule is [B]C1CC(OP(=O)(O)OC[C@H]2OC([B])CC2O[P@](=O)(OC[C@H]2O[C@@H]([B])CC2OCC)SC)[C@@H](COCC)O1. The highest BCUT2D eigenvalue weighted by atomic mass is 32.7. The van der Waals surface area contributed by atoms with E-state index in [0.29, 0.717) is 19.6 Å². The van der Waals surface area contributed by atoms with Crippen LogP contribution >= 0.6 is 26.0 Å². The zero-order valence-corrected chi connectivity index (χ0v) is 24.4. The highest BCUT2D eigenvalue weighted by Crippen LogP contribution is 2.61. The molecule has 0 aromatic heterocycles. The molecule has 0 spiro atoms. The van der Waals surface area contributed by atoms with Crippen LogP contribution in [0.15, 0.2) is 0 Å². The molecule has 18 heteroatoms. The second-order valence-electron chi connectivity index (χ2n) is 8.98. The van der Waals surface area contributed by atoms with Gasteiger partial charge in [-0.3, -0.25) is 18.1 Å². The second kappa shape index (κ2) is 15.2. The van der Waals surface area contributed by atoms with Gasteiger partial charge in [0, 0.05) is 31.2 Å². The van der Waals surface area contributed by atoms with Crippen molar-refractivity contribution in [1.29, 1.82) is 0 Å². The summed E-state index contributed by atoms with van der Waals surface area (Å²) in [4.78, 5) is 10.3. The Labute approximate surface area is 232 Å². The number of rotatable bonds is 16. The smallest absolute Gasteiger partial charge is 0.380 e. The van der Waals surface area contributed by atoms with Gasteiger partial charge in [-0.15, -0.1) is 0 Å². The van der Waals surface area contributed by atoms with Crippen molar-refractivity contribution in [1.82, 2.24) is 0 Å². The van der Waals surface area contributed by atoms with Crippen LogP contribution in [0.25, 0.3) is 0 Å². The molecule has 0 bridgehead atoms. The standard InChI is InChI=1S/C20H35B3O12P2S/c1-4-27-9-15-13(7-19(22)31-15)34-36(24,25)29-10-17-14(8-20(23)33-17)35-37(26,38-3)30-11-16-12(28-5-2)6-18(21)32-16/h12-20H,4-11H2,1-3H3,(H,24,25)/t12?,13?,14?,15-,16-,17-,18-,19?,20?,37+/m1/s1. The summed E-state index contributed by atoms with van der Waals surface area (Å²) in [7, 11) is 13.0. The molecule has 38 heavy (non-hydrogen) atoms. The Morgan fingerprint density at radius 3 is 1.84 bits per heavy atom. The lowest BCUT2D eigenvalue weighted by Gasteiger charge is -2.26. The van der Waals surface area contributed by atoms with Crippen LogP contribution in [0, 0.1) is 0 Å². The molecule has 0 aromatic rings. The van der Waals surface area contributed by atoms with Crippen LogP contribution < -0.4 is 0 Å². The first-order chi connectivity index (χ1) is 18.0. The molecule has 3 rings (SSSR count). The van der Waals surface area contributed by atoms with Gasteiger partial charge in [0.1, 0.15) is 41.9 Å². The summed E-state index contributed by atoms with van der Waals surface area (Å²) in [6, 6.07) is -1.93. The average Bonchev–Trinajstić information content (AvgIpc) is 3.50. The van der Waals surface area contributed by atoms with Crippen molar-refractivity contribution in [3.8, 4) is 0 Å². The molecule has 0 aliphatic carbocycles. The molecular formula is C20H35B3O12P2S. The molecule has 0 saturated carbocycles. The largest absolute Gasteiger partial charge is 0.472 e. The molecule has 212 valence electrons. The van der Waals surface area contributed by atoms with Gasteiger partial charge in [0.25, 0.3) is 0 Å². The van der Waals surface area contributed by atoms with Gasteiger partial charge in [0.15, 0.2) is 0 Å². The third-order valence-electron chi connectivity index (χ3n) is 6.11. The van der Waals surface area contributed by atoms with Gasteiger partial charge in [0.05, 0.1) is 38.1 Å². The van der Waals surface area contributed by atoms with E-state index in [4.69, 9.17) is 65.3 Å². The van der Waals surface area contributed by atoms with Crippen LogP contribution in [0.5, 0.6) is 0 Å². The van der Waals surface area contributed by atoms with Gasteiger partial charge in [-0.1, -0.05) is 0 Å². The molecule has 3 aliphatic rings. The van der Waals surface area contributed by atoms with Crippen LogP contribution in [0.4, 0.5) is 0 Å². The van der Waals surface area contributed by atoms with E-state index in [1.807, 2.05) is 13.8 Å². The van der Waals surface area contributed by atoms with Gasteiger partial charge in [0.2, 0.25) is 0 Å². The first-order valence-electron chi connectivity index (χ1n) is 12.5. The highest BCUT2D eigenvalue weighted by molar-refractivity contribution is 8.54. The summed E-state index contributed by atoms with van der Waals surface area (Å²) in [6.45, 7) is 0.548. The first kappa shape index (κ1) is 33.1. The minimum atomic E-state index is -4.56. The number of hydrogen-bond donors (Lipinski definition) is 1. The molecule has 1 N–H and O–H groups in total. The third kappa shape index (κ3) is 9.86. The Balaban J connectivity index is 1.54. The average molecular weight is 594 g/mol. The minimum absolute atomic E-state index is 0.0640. The van der Waals surface area contributed by atoms with E-state index in [1.54, 1.807) is 6.26 Å². The van der Waals surface area contributed by atoms with Crippen molar-refractivity contribution in [2.75, 3.05) is 39.3 Å². The molecule has 0 aromatic carbocycles. The maximum atomic E-state index is 13.4. The lowest BCUT2D eigenvalue weighted by molar-refractivity contribution is -0.0392. The zero-order valence-electron chi connectivity index (χ0n) is 21.8. The predicted octanol–water partition coefficient (Wildman–Crippen LogP) is 1.65. The van der Waals surface area contributed by atoms with E-state index in [-0.39, 0.29) is 32.2 Å². The van der Waals surface area contributed by atoms with E-state index in [2.05, 4.69) is 0 Å². The summed E-state index contributed by atoms with van der Waals surface area (Å²) in [5, 5.41) is 0. The fraction of sp³-hybridized carbons (Fsp3) is 1.00. The van der Waals surface area contributed by atoms with E-state index in [0.717, 1.165) is 11.4 Å². The highest BCUT2D eigenvalue weighted by Gasteiger charge is 2.44. The van der Waals surface area contributed by atoms with Gasteiger partial charge in [-0.25, -0.2) is 9.13 Å². The van der Waals surface area contributed by atoms with Crippen molar-refractivity contribution < 1.29 is 55.8 Å². The summed E-state index contributed by atoms with van der Waals surface area (Å²) in [5.74, 6) is 0. The third-order valence-corrected chi connectivity index (χ3v) is 10.5. The van der Waals surface area contributed by atoms with Gasteiger partial charge in [-0.05, 0) is 50.7 Å². The Kier molecular flexibility index (Phi) is 13.2. The maximum absolute atomic E-state index is 13.4.